The lowest BCUT2D eigenvalue weighted by Crippen LogP contribution is -2.10. The average Bonchev–Trinajstić information content (AvgIpc) is 3.13. The monoisotopic (exact) mass is 222 g/mol. The van der Waals surface area contributed by atoms with Gasteiger partial charge in [0.15, 0.2) is 0 Å². The van der Waals surface area contributed by atoms with E-state index in [1.807, 2.05) is 12.1 Å². The van der Waals surface area contributed by atoms with Gasteiger partial charge in [-0.2, -0.15) is 0 Å². The zero-order valence-corrected chi connectivity index (χ0v) is 9.61. The van der Waals surface area contributed by atoms with E-state index in [1.165, 1.54) is 12.8 Å². The van der Waals surface area contributed by atoms with Crippen LogP contribution in [0, 0.1) is 5.92 Å². The van der Waals surface area contributed by atoms with Crippen molar-refractivity contribution in [2.45, 2.75) is 12.8 Å². The van der Waals surface area contributed by atoms with Gasteiger partial charge in [-0.3, -0.25) is 0 Å². The van der Waals surface area contributed by atoms with E-state index in [9.17, 15) is 0 Å². The third-order valence-electron chi connectivity index (χ3n) is 2.57. The predicted molar refractivity (Wildman–Crippen MR) is 62.8 cm³/mol. The van der Waals surface area contributed by atoms with E-state index in [0.29, 0.717) is 5.88 Å². The number of ether oxygens (including phenoxy) is 2. The number of nitrogens with one attached hydrogen (secondary N) is 1. The Bertz CT molecular complexity index is 327. The Morgan fingerprint density at radius 3 is 3.12 bits per heavy atom. The minimum Gasteiger partial charge on any atom is -0.481 e. The van der Waals surface area contributed by atoms with Crippen LogP contribution in [0.3, 0.4) is 0 Å². The van der Waals surface area contributed by atoms with Crippen LogP contribution in [-0.4, -0.2) is 31.9 Å². The molecule has 0 spiro atoms. The van der Waals surface area contributed by atoms with E-state index in [-0.39, 0.29) is 0 Å². The zero-order valence-electron chi connectivity index (χ0n) is 9.61. The summed E-state index contributed by atoms with van der Waals surface area (Å²) < 4.78 is 10.6. The SMILES string of the molecule is COc1cc(NCCOCC2CC2)ccn1. The first kappa shape index (κ1) is 11.2. The predicted octanol–water partition coefficient (Wildman–Crippen LogP) is 1.93. The Morgan fingerprint density at radius 1 is 1.50 bits per heavy atom. The molecule has 0 aliphatic heterocycles. The number of methoxy groups -OCH3 is 1. The van der Waals surface area contributed by atoms with Crippen LogP contribution in [0.25, 0.3) is 0 Å². The summed E-state index contributed by atoms with van der Waals surface area (Å²) >= 11 is 0. The van der Waals surface area contributed by atoms with Crippen molar-refractivity contribution in [1.82, 2.24) is 4.98 Å². The fourth-order valence-electron chi connectivity index (χ4n) is 1.43. The zero-order chi connectivity index (χ0) is 11.2. The molecule has 2 rings (SSSR count). The molecule has 1 N–H and O–H groups in total. The lowest BCUT2D eigenvalue weighted by molar-refractivity contribution is 0.134. The summed E-state index contributed by atoms with van der Waals surface area (Å²) in [4.78, 5) is 4.04. The largest absolute Gasteiger partial charge is 0.481 e. The Morgan fingerprint density at radius 2 is 2.38 bits per heavy atom. The van der Waals surface area contributed by atoms with Gasteiger partial charge < -0.3 is 14.8 Å². The molecule has 0 aromatic carbocycles. The van der Waals surface area contributed by atoms with Gasteiger partial charge >= 0.3 is 0 Å². The van der Waals surface area contributed by atoms with Crippen molar-refractivity contribution in [2.24, 2.45) is 5.92 Å². The van der Waals surface area contributed by atoms with Crippen LogP contribution in [0.5, 0.6) is 5.88 Å². The summed E-state index contributed by atoms with van der Waals surface area (Å²) in [5.74, 6) is 1.46. The molecule has 88 valence electrons. The summed E-state index contributed by atoms with van der Waals surface area (Å²) in [6, 6.07) is 3.80. The van der Waals surface area contributed by atoms with Gasteiger partial charge in [0.1, 0.15) is 0 Å². The number of aromatic nitrogens is 1. The molecular formula is C12H18N2O2. The molecular weight excluding hydrogens is 204 g/mol. The van der Waals surface area contributed by atoms with Crippen LogP contribution in [0.4, 0.5) is 5.69 Å². The van der Waals surface area contributed by atoms with E-state index in [0.717, 1.165) is 31.4 Å². The molecule has 0 bridgehead atoms. The summed E-state index contributed by atoms with van der Waals surface area (Å²) in [6.07, 6.45) is 4.41. The topological polar surface area (TPSA) is 43.4 Å². The summed E-state index contributed by atoms with van der Waals surface area (Å²) in [5, 5.41) is 3.27. The number of anilines is 1. The molecule has 1 aliphatic carbocycles. The van der Waals surface area contributed by atoms with E-state index in [1.54, 1.807) is 13.3 Å². The fraction of sp³-hybridized carbons (Fsp3) is 0.583. The Hall–Kier alpha value is -1.29. The average molecular weight is 222 g/mol. The van der Waals surface area contributed by atoms with E-state index in [4.69, 9.17) is 9.47 Å². The number of hydrogen-bond acceptors (Lipinski definition) is 4. The molecule has 16 heavy (non-hydrogen) atoms. The van der Waals surface area contributed by atoms with Crippen molar-refractivity contribution >= 4 is 5.69 Å². The van der Waals surface area contributed by atoms with Crippen molar-refractivity contribution < 1.29 is 9.47 Å². The maximum Gasteiger partial charge on any atom is 0.214 e. The Kier molecular flexibility index (Phi) is 3.99. The van der Waals surface area contributed by atoms with Crippen LogP contribution >= 0.6 is 0 Å². The highest BCUT2D eigenvalue weighted by Gasteiger charge is 2.20. The fourth-order valence-corrected chi connectivity index (χ4v) is 1.43. The maximum absolute atomic E-state index is 5.53. The molecule has 1 aromatic heterocycles. The van der Waals surface area contributed by atoms with Gasteiger partial charge in [0.2, 0.25) is 5.88 Å². The highest BCUT2D eigenvalue weighted by atomic mass is 16.5. The quantitative estimate of drug-likeness (QED) is 0.716. The highest BCUT2D eigenvalue weighted by molar-refractivity contribution is 5.44. The first-order chi connectivity index (χ1) is 7.88. The summed E-state index contributed by atoms with van der Waals surface area (Å²) in [7, 11) is 1.62. The van der Waals surface area contributed by atoms with Crippen LogP contribution in [0.1, 0.15) is 12.8 Å². The first-order valence-corrected chi connectivity index (χ1v) is 5.70. The lowest BCUT2D eigenvalue weighted by atomic mass is 10.4. The number of rotatable bonds is 7. The number of hydrogen-bond donors (Lipinski definition) is 1. The second kappa shape index (κ2) is 5.70. The van der Waals surface area contributed by atoms with Gasteiger partial charge in [-0.15, -0.1) is 0 Å². The lowest BCUT2D eigenvalue weighted by Gasteiger charge is -2.07. The third kappa shape index (κ3) is 3.70. The van der Waals surface area contributed by atoms with Gasteiger partial charge in [0.25, 0.3) is 0 Å². The van der Waals surface area contributed by atoms with E-state index in [2.05, 4.69) is 10.3 Å². The molecule has 1 fully saturated rings. The molecule has 0 amide bonds. The van der Waals surface area contributed by atoms with Gasteiger partial charge in [-0.1, -0.05) is 0 Å². The Labute approximate surface area is 96.0 Å². The minimum atomic E-state index is 0.629. The summed E-state index contributed by atoms with van der Waals surface area (Å²) in [5.41, 5.74) is 1.02. The maximum atomic E-state index is 5.53. The van der Waals surface area contributed by atoms with Crippen molar-refractivity contribution in [3.8, 4) is 5.88 Å². The van der Waals surface area contributed by atoms with E-state index < -0.39 is 0 Å². The second-order valence-corrected chi connectivity index (χ2v) is 4.03. The summed E-state index contributed by atoms with van der Waals surface area (Å²) in [6.45, 7) is 2.49. The first-order valence-electron chi connectivity index (χ1n) is 5.70. The van der Waals surface area contributed by atoms with Gasteiger partial charge in [-0.05, 0) is 24.8 Å². The second-order valence-electron chi connectivity index (χ2n) is 4.03. The van der Waals surface area contributed by atoms with Crippen LogP contribution in [0.15, 0.2) is 18.3 Å². The molecule has 0 saturated heterocycles. The molecule has 1 aliphatic rings. The van der Waals surface area contributed by atoms with Crippen LogP contribution in [-0.2, 0) is 4.74 Å². The minimum absolute atomic E-state index is 0.629. The molecule has 1 heterocycles. The van der Waals surface area contributed by atoms with Crippen molar-refractivity contribution in [2.75, 3.05) is 32.2 Å². The molecule has 1 aromatic rings. The van der Waals surface area contributed by atoms with Crippen LogP contribution in [0.2, 0.25) is 0 Å². The van der Waals surface area contributed by atoms with Crippen molar-refractivity contribution in [3.63, 3.8) is 0 Å². The smallest absolute Gasteiger partial charge is 0.214 e. The number of nitrogens with zero attached hydrogens (tertiary/aromatic N) is 1. The highest BCUT2D eigenvalue weighted by Crippen LogP contribution is 2.28. The van der Waals surface area contributed by atoms with Gasteiger partial charge in [-0.25, -0.2) is 4.98 Å². The molecule has 1 saturated carbocycles. The van der Waals surface area contributed by atoms with Crippen molar-refractivity contribution in [1.29, 1.82) is 0 Å². The standard InChI is InChI=1S/C12H18N2O2/c1-15-12-8-11(4-5-14-12)13-6-7-16-9-10-2-3-10/h4-5,8,10H,2-3,6-7,9H2,1H3,(H,13,14). The number of pyridine rings is 1. The molecule has 0 radical (unpaired) electrons. The van der Waals surface area contributed by atoms with Gasteiger partial charge in [0, 0.05) is 31.1 Å². The van der Waals surface area contributed by atoms with Crippen LogP contribution < -0.4 is 10.1 Å². The molecule has 4 heteroatoms. The molecule has 4 nitrogen and oxygen atoms in total. The normalized spacial score (nSPS) is 14.8. The van der Waals surface area contributed by atoms with E-state index >= 15 is 0 Å². The molecule has 0 atom stereocenters. The third-order valence-corrected chi connectivity index (χ3v) is 2.57. The van der Waals surface area contributed by atoms with Gasteiger partial charge in [0.05, 0.1) is 13.7 Å². The Balaban J connectivity index is 1.63. The van der Waals surface area contributed by atoms with Crippen molar-refractivity contribution in [3.05, 3.63) is 18.3 Å². The molecule has 0 unspecified atom stereocenters.